The van der Waals surface area contributed by atoms with Gasteiger partial charge in [0.2, 0.25) is 0 Å². The summed E-state index contributed by atoms with van der Waals surface area (Å²) in [5, 5.41) is 4.77. The van der Waals surface area contributed by atoms with Crippen LogP contribution in [0.15, 0.2) is 35.9 Å². The number of likely N-dealkylation sites (N-methyl/N-ethyl adjacent to an activating group) is 1. The number of benzene rings is 1. The molecule has 0 radical (unpaired) electrons. The first-order valence-electron chi connectivity index (χ1n) is 7.89. The summed E-state index contributed by atoms with van der Waals surface area (Å²) in [5.74, 6) is -0.149. The van der Waals surface area contributed by atoms with Gasteiger partial charge < -0.3 is 5.32 Å². The molecule has 0 spiro atoms. The molecular weight excluding hydrogens is 281 g/mol. The highest BCUT2D eigenvalue weighted by atomic mass is 32.1. The molecule has 1 aromatic carbocycles. The highest BCUT2D eigenvalue weighted by Gasteiger charge is 2.19. The first-order chi connectivity index (χ1) is 10.3. The number of halogens is 1. The molecule has 1 aliphatic rings. The summed E-state index contributed by atoms with van der Waals surface area (Å²) in [6, 6.07) is 7.60. The Hall–Kier alpha value is -1.19. The van der Waals surface area contributed by atoms with Gasteiger partial charge in [0.05, 0.1) is 6.04 Å². The van der Waals surface area contributed by atoms with Gasteiger partial charge in [-0.3, -0.25) is 0 Å². The van der Waals surface area contributed by atoms with E-state index in [0.29, 0.717) is 6.04 Å². The van der Waals surface area contributed by atoms with E-state index in [1.54, 1.807) is 23.5 Å². The van der Waals surface area contributed by atoms with Crippen LogP contribution in [-0.2, 0) is 0 Å². The molecule has 3 rings (SSSR count). The molecule has 0 amide bonds. The zero-order valence-corrected chi connectivity index (χ0v) is 13.3. The molecule has 1 aromatic heterocycles. The van der Waals surface area contributed by atoms with E-state index in [4.69, 9.17) is 0 Å². The summed E-state index contributed by atoms with van der Waals surface area (Å²) in [5.41, 5.74) is 1.52. The van der Waals surface area contributed by atoms with Gasteiger partial charge in [-0.1, -0.05) is 31.1 Å². The van der Waals surface area contributed by atoms with Crippen LogP contribution in [0.2, 0.25) is 0 Å². The molecule has 0 fully saturated rings. The first kappa shape index (κ1) is 14.7. The maximum absolute atomic E-state index is 13.4. The van der Waals surface area contributed by atoms with Gasteiger partial charge in [-0.05, 0) is 55.8 Å². The van der Waals surface area contributed by atoms with E-state index in [0.717, 1.165) is 16.6 Å². The van der Waals surface area contributed by atoms with Gasteiger partial charge in [-0.15, -0.1) is 11.3 Å². The normalized spacial score (nSPS) is 17.5. The van der Waals surface area contributed by atoms with Crippen molar-refractivity contribution in [3.63, 3.8) is 0 Å². The summed E-state index contributed by atoms with van der Waals surface area (Å²) >= 11 is 1.72. The third-order valence-electron chi connectivity index (χ3n) is 4.14. The van der Waals surface area contributed by atoms with Crippen molar-refractivity contribution in [1.29, 1.82) is 0 Å². The second-order valence-corrected chi connectivity index (χ2v) is 6.82. The summed E-state index contributed by atoms with van der Waals surface area (Å²) < 4.78 is 14.4. The van der Waals surface area contributed by atoms with Crippen molar-refractivity contribution in [1.82, 2.24) is 5.32 Å². The average Bonchev–Trinajstić information content (AvgIpc) is 2.70. The van der Waals surface area contributed by atoms with E-state index < -0.39 is 0 Å². The number of hydrogen-bond acceptors (Lipinski definition) is 2. The third kappa shape index (κ3) is 3.35. The van der Waals surface area contributed by atoms with E-state index in [-0.39, 0.29) is 5.82 Å². The van der Waals surface area contributed by atoms with Crippen LogP contribution in [0, 0.1) is 5.82 Å². The lowest BCUT2D eigenvalue weighted by atomic mass is 10.00. The monoisotopic (exact) mass is 303 g/mol. The SMILES string of the molecule is CCNC(C1=CCCCCC1)c1cc2ccc(F)cc2s1. The summed E-state index contributed by atoms with van der Waals surface area (Å²) in [6.07, 6.45) is 8.71. The smallest absolute Gasteiger partial charge is 0.124 e. The maximum Gasteiger partial charge on any atom is 0.124 e. The third-order valence-corrected chi connectivity index (χ3v) is 5.30. The molecule has 0 aliphatic heterocycles. The number of allylic oxidation sites excluding steroid dienone is 1. The Morgan fingerprint density at radius 3 is 3.00 bits per heavy atom. The summed E-state index contributed by atoms with van der Waals surface area (Å²) in [4.78, 5) is 1.31. The van der Waals surface area contributed by atoms with E-state index in [9.17, 15) is 4.39 Å². The fraction of sp³-hybridized carbons (Fsp3) is 0.444. The van der Waals surface area contributed by atoms with Gasteiger partial charge in [0.15, 0.2) is 0 Å². The van der Waals surface area contributed by atoms with E-state index in [2.05, 4.69) is 24.4 Å². The minimum absolute atomic E-state index is 0.149. The molecule has 112 valence electrons. The molecule has 0 saturated carbocycles. The zero-order chi connectivity index (χ0) is 14.7. The topological polar surface area (TPSA) is 12.0 Å². The number of hydrogen-bond donors (Lipinski definition) is 1. The summed E-state index contributed by atoms with van der Waals surface area (Å²) in [7, 11) is 0. The van der Waals surface area contributed by atoms with Crippen molar-refractivity contribution >= 4 is 21.4 Å². The minimum Gasteiger partial charge on any atom is -0.306 e. The van der Waals surface area contributed by atoms with Crippen LogP contribution >= 0.6 is 11.3 Å². The number of rotatable bonds is 4. The highest BCUT2D eigenvalue weighted by Crippen LogP contribution is 2.36. The maximum atomic E-state index is 13.4. The molecule has 1 aliphatic carbocycles. The van der Waals surface area contributed by atoms with Gasteiger partial charge in [-0.25, -0.2) is 4.39 Å². The average molecular weight is 303 g/mol. The van der Waals surface area contributed by atoms with Crippen LogP contribution in [0.25, 0.3) is 10.1 Å². The summed E-state index contributed by atoms with van der Waals surface area (Å²) in [6.45, 7) is 3.10. The lowest BCUT2D eigenvalue weighted by molar-refractivity contribution is 0.597. The second kappa shape index (κ2) is 6.71. The zero-order valence-electron chi connectivity index (χ0n) is 12.5. The van der Waals surface area contributed by atoms with Crippen molar-refractivity contribution in [2.24, 2.45) is 0 Å². The molecule has 1 nitrogen and oxygen atoms in total. The van der Waals surface area contributed by atoms with Crippen LogP contribution in [0.5, 0.6) is 0 Å². The van der Waals surface area contributed by atoms with Gasteiger partial charge in [0, 0.05) is 9.58 Å². The Labute approximate surface area is 129 Å². The van der Waals surface area contributed by atoms with Crippen molar-refractivity contribution in [3.8, 4) is 0 Å². The predicted octanol–water partition coefficient (Wildman–Crippen LogP) is 5.58. The largest absolute Gasteiger partial charge is 0.306 e. The minimum atomic E-state index is -0.149. The highest BCUT2D eigenvalue weighted by molar-refractivity contribution is 7.19. The lowest BCUT2D eigenvalue weighted by Crippen LogP contribution is -2.22. The van der Waals surface area contributed by atoms with Crippen LogP contribution in [0.3, 0.4) is 0 Å². The lowest BCUT2D eigenvalue weighted by Gasteiger charge is -2.19. The van der Waals surface area contributed by atoms with Crippen molar-refractivity contribution in [2.45, 2.75) is 45.1 Å². The van der Waals surface area contributed by atoms with Gasteiger partial charge in [-0.2, -0.15) is 0 Å². The molecule has 1 unspecified atom stereocenters. The Kier molecular flexibility index (Phi) is 4.71. The molecule has 0 saturated heterocycles. The molecule has 1 N–H and O–H groups in total. The second-order valence-electron chi connectivity index (χ2n) is 5.70. The predicted molar refractivity (Wildman–Crippen MR) is 89.4 cm³/mol. The molecule has 3 heteroatoms. The molecular formula is C18H22FNS. The van der Waals surface area contributed by atoms with Crippen LogP contribution < -0.4 is 5.32 Å². The molecule has 1 heterocycles. The van der Waals surface area contributed by atoms with E-state index >= 15 is 0 Å². The Balaban J connectivity index is 1.96. The van der Waals surface area contributed by atoms with Crippen LogP contribution in [0.1, 0.15) is 49.9 Å². The Morgan fingerprint density at radius 1 is 1.24 bits per heavy atom. The van der Waals surface area contributed by atoms with Crippen LogP contribution in [0.4, 0.5) is 4.39 Å². The Bertz CT molecular complexity index is 644. The number of nitrogens with one attached hydrogen (secondary N) is 1. The van der Waals surface area contributed by atoms with Crippen molar-refractivity contribution in [3.05, 3.63) is 46.6 Å². The Morgan fingerprint density at radius 2 is 2.14 bits per heavy atom. The molecule has 2 aromatic rings. The molecule has 1 atom stereocenters. The number of fused-ring (bicyclic) bond motifs is 1. The first-order valence-corrected chi connectivity index (χ1v) is 8.71. The fourth-order valence-corrected chi connectivity index (χ4v) is 4.30. The van der Waals surface area contributed by atoms with Crippen molar-refractivity contribution < 1.29 is 4.39 Å². The van der Waals surface area contributed by atoms with E-state index in [1.165, 1.54) is 42.6 Å². The van der Waals surface area contributed by atoms with Crippen LogP contribution in [-0.4, -0.2) is 6.54 Å². The van der Waals surface area contributed by atoms with Crippen molar-refractivity contribution in [2.75, 3.05) is 6.54 Å². The van der Waals surface area contributed by atoms with Gasteiger partial charge in [0.1, 0.15) is 5.82 Å². The number of thiophene rings is 1. The quantitative estimate of drug-likeness (QED) is 0.727. The van der Waals surface area contributed by atoms with Gasteiger partial charge >= 0.3 is 0 Å². The standard InChI is InChI=1S/C18H22FNS/c1-2-20-18(13-7-5-3-4-6-8-13)17-11-14-9-10-15(19)12-16(14)21-17/h7,9-12,18,20H,2-6,8H2,1H3. The molecule has 0 bridgehead atoms. The fourth-order valence-electron chi connectivity index (χ4n) is 3.09. The van der Waals surface area contributed by atoms with Gasteiger partial charge in [0.25, 0.3) is 0 Å². The van der Waals surface area contributed by atoms with E-state index in [1.807, 2.05) is 6.07 Å². The molecule has 21 heavy (non-hydrogen) atoms.